The number of imide groups is 1. The molecule has 0 saturated carbocycles. The zero-order valence-electron chi connectivity index (χ0n) is 8.70. The van der Waals surface area contributed by atoms with Crippen molar-refractivity contribution >= 4 is 22.6 Å². The molecule has 1 heterocycles. The molecule has 2 amide bonds. The highest BCUT2D eigenvalue weighted by Gasteiger charge is 2.25. The normalized spacial score (nSPS) is 14.1. The molecular weight excluding hydrogens is 202 g/mol. The largest absolute Gasteiger partial charge is 0.288 e. The minimum absolute atomic E-state index is 0.299. The highest BCUT2D eigenvalue weighted by atomic mass is 16.2. The third-order valence-corrected chi connectivity index (χ3v) is 2.95. The van der Waals surface area contributed by atoms with Gasteiger partial charge < -0.3 is 0 Å². The van der Waals surface area contributed by atoms with Crippen molar-refractivity contribution < 1.29 is 9.59 Å². The van der Waals surface area contributed by atoms with Gasteiger partial charge in [0.15, 0.2) is 0 Å². The van der Waals surface area contributed by atoms with Gasteiger partial charge in [0.25, 0.3) is 11.8 Å². The summed E-state index contributed by atoms with van der Waals surface area (Å²) in [5.41, 5.74) is 2.09. The van der Waals surface area contributed by atoms with Crippen LogP contribution in [-0.2, 0) is 0 Å². The fraction of sp³-hybridized carbons (Fsp3) is 0.0769. The summed E-state index contributed by atoms with van der Waals surface area (Å²) in [5, 5.41) is 4.06. The van der Waals surface area contributed by atoms with E-state index in [9.17, 15) is 9.59 Å². The highest BCUT2D eigenvalue weighted by Crippen LogP contribution is 2.28. The predicted octanol–water partition coefficient (Wildman–Crippen LogP) is 2.03. The molecule has 0 bridgehead atoms. The van der Waals surface area contributed by atoms with Crippen LogP contribution in [0.3, 0.4) is 0 Å². The lowest BCUT2D eigenvalue weighted by Crippen LogP contribution is -2.35. The van der Waals surface area contributed by atoms with Gasteiger partial charge in [0.05, 0.1) is 5.56 Å². The number of carbonyl (C=O) groups excluding carboxylic acids is 2. The van der Waals surface area contributed by atoms with Gasteiger partial charge in [-0.15, -0.1) is 0 Å². The average Bonchev–Trinajstić information content (AvgIpc) is 2.26. The Labute approximate surface area is 92.1 Å². The van der Waals surface area contributed by atoms with Crippen LogP contribution < -0.4 is 5.32 Å². The van der Waals surface area contributed by atoms with Gasteiger partial charge in [-0.2, -0.15) is 0 Å². The quantitative estimate of drug-likeness (QED) is 0.678. The molecule has 2 aromatic carbocycles. The molecule has 3 rings (SSSR count). The van der Waals surface area contributed by atoms with Gasteiger partial charge >= 0.3 is 0 Å². The van der Waals surface area contributed by atoms with E-state index in [0.29, 0.717) is 11.1 Å². The summed E-state index contributed by atoms with van der Waals surface area (Å²) >= 11 is 0. The number of amides is 2. The fourth-order valence-corrected chi connectivity index (χ4v) is 2.20. The maximum absolute atomic E-state index is 11.8. The zero-order valence-corrected chi connectivity index (χ0v) is 8.70. The van der Waals surface area contributed by atoms with E-state index in [2.05, 4.69) is 5.32 Å². The first-order chi connectivity index (χ1) is 7.68. The smallest absolute Gasteiger partial charge is 0.259 e. The van der Waals surface area contributed by atoms with Gasteiger partial charge in [-0.1, -0.05) is 24.3 Å². The molecule has 3 heteroatoms. The molecule has 0 atom stereocenters. The Kier molecular flexibility index (Phi) is 1.66. The molecule has 3 nitrogen and oxygen atoms in total. The molecule has 16 heavy (non-hydrogen) atoms. The van der Waals surface area contributed by atoms with Crippen LogP contribution in [0.1, 0.15) is 26.3 Å². The van der Waals surface area contributed by atoms with E-state index in [1.54, 1.807) is 6.07 Å². The van der Waals surface area contributed by atoms with Crippen LogP contribution >= 0.6 is 0 Å². The van der Waals surface area contributed by atoms with Crippen LogP contribution in [0.15, 0.2) is 30.3 Å². The van der Waals surface area contributed by atoms with Crippen molar-refractivity contribution in [2.24, 2.45) is 0 Å². The third-order valence-electron chi connectivity index (χ3n) is 2.95. The summed E-state index contributed by atoms with van der Waals surface area (Å²) in [6.45, 7) is 1.88. The first kappa shape index (κ1) is 9.09. The van der Waals surface area contributed by atoms with Crippen LogP contribution in [0.4, 0.5) is 0 Å². The van der Waals surface area contributed by atoms with Crippen molar-refractivity contribution in [3.05, 3.63) is 47.0 Å². The van der Waals surface area contributed by atoms with Crippen LogP contribution in [0.25, 0.3) is 10.8 Å². The first-order valence-corrected chi connectivity index (χ1v) is 5.06. The van der Waals surface area contributed by atoms with Crippen molar-refractivity contribution in [1.29, 1.82) is 0 Å². The van der Waals surface area contributed by atoms with Crippen molar-refractivity contribution in [1.82, 2.24) is 5.32 Å². The van der Waals surface area contributed by atoms with E-state index in [4.69, 9.17) is 0 Å². The lowest BCUT2D eigenvalue weighted by molar-refractivity contribution is 0.0844. The first-order valence-electron chi connectivity index (χ1n) is 5.06. The lowest BCUT2D eigenvalue weighted by atomic mass is 9.92. The minimum Gasteiger partial charge on any atom is -0.288 e. The Morgan fingerprint density at radius 1 is 1.00 bits per heavy atom. The Morgan fingerprint density at radius 2 is 1.81 bits per heavy atom. The summed E-state index contributed by atoms with van der Waals surface area (Å²) in [5.74, 6) is -0.611. The van der Waals surface area contributed by atoms with Crippen LogP contribution in [-0.4, -0.2) is 11.8 Å². The molecular formula is C13H9NO2. The van der Waals surface area contributed by atoms with Crippen molar-refractivity contribution in [2.75, 3.05) is 0 Å². The Balaban J connectivity index is 2.58. The second-order valence-corrected chi connectivity index (χ2v) is 3.94. The molecule has 0 saturated heterocycles. The summed E-state index contributed by atoms with van der Waals surface area (Å²) in [7, 11) is 0. The van der Waals surface area contributed by atoms with E-state index < -0.39 is 0 Å². The molecule has 0 aromatic heterocycles. The van der Waals surface area contributed by atoms with Crippen LogP contribution in [0.5, 0.6) is 0 Å². The monoisotopic (exact) mass is 211 g/mol. The van der Waals surface area contributed by atoms with Gasteiger partial charge in [0.1, 0.15) is 0 Å². The molecule has 0 spiro atoms. The van der Waals surface area contributed by atoms with E-state index in [0.717, 1.165) is 16.3 Å². The number of carbonyl (C=O) groups is 2. The standard InChI is InChI=1S/C13H9NO2/c1-7-5-6-8-3-2-4-9-11(8)10(7)13(16)14-12(9)15/h2-6H,1H3,(H,14,15,16). The number of aryl methyl sites for hydroxylation is 1. The van der Waals surface area contributed by atoms with E-state index in [1.807, 2.05) is 31.2 Å². The maximum Gasteiger partial charge on any atom is 0.259 e. The number of benzene rings is 2. The summed E-state index contributed by atoms with van der Waals surface area (Å²) in [6, 6.07) is 9.31. The Bertz CT molecular complexity index is 644. The van der Waals surface area contributed by atoms with Crippen molar-refractivity contribution in [2.45, 2.75) is 6.92 Å². The van der Waals surface area contributed by atoms with Crippen LogP contribution in [0.2, 0.25) is 0 Å². The van der Waals surface area contributed by atoms with Gasteiger partial charge in [0.2, 0.25) is 0 Å². The van der Waals surface area contributed by atoms with Gasteiger partial charge in [-0.25, -0.2) is 0 Å². The van der Waals surface area contributed by atoms with Crippen molar-refractivity contribution in [3.63, 3.8) is 0 Å². The number of nitrogens with one attached hydrogen (secondary N) is 1. The lowest BCUT2D eigenvalue weighted by Gasteiger charge is -2.18. The highest BCUT2D eigenvalue weighted by molar-refractivity contribution is 6.26. The summed E-state index contributed by atoms with van der Waals surface area (Å²) in [4.78, 5) is 23.4. The van der Waals surface area contributed by atoms with Gasteiger partial charge in [-0.05, 0) is 23.9 Å². The predicted molar refractivity (Wildman–Crippen MR) is 60.5 cm³/mol. The second-order valence-electron chi connectivity index (χ2n) is 3.94. The van der Waals surface area contributed by atoms with E-state index >= 15 is 0 Å². The molecule has 0 radical (unpaired) electrons. The molecule has 1 N–H and O–H groups in total. The number of rotatable bonds is 0. The molecule has 1 aliphatic heterocycles. The summed E-state index contributed by atoms with van der Waals surface area (Å²) < 4.78 is 0. The van der Waals surface area contributed by atoms with E-state index in [1.165, 1.54) is 0 Å². The molecule has 78 valence electrons. The van der Waals surface area contributed by atoms with Crippen LogP contribution in [0, 0.1) is 6.92 Å². The molecule has 0 aliphatic carbocycles. The van der Waals surface area contributed by atoms with E-state index in [-0.39, 0.29) is 11.8 Å². The van der Waals surface area contributed by atoms with Gasteiger partial charge in [-0.3, -0.25) is 14.9 Å². The van der Waals surface area contributed by atoms with Crippen molar-refractivity contribution in [3.8, 4) is 0 Å². The average molecular weight is 211 g/mol. The Hall–Kier alpha value is -2.16. The molecule has 0 unspecified atom stereocenters. The Morgan fingerprint density at radius 3 is 2.62 bits per heavy atom. The zero-order chi connectivity index (χ0) is 11.3. The molecule has 1 aliphatic rings. The number of hydrogen-bond donors (Lipinski definition) is 1. The minimum atomic E-state index is -0.311. The fourth-order valence-electron chi connectivity index (χ4n) is 2.20. The third kappa shape index (κ3) is 1.03. The molecule has 2 aromatic rings. The topological polar surface area (TPSA) is 46.2 Å². The maximum atomic E-state index is 11.8. The second kappa shape index (κ2) is 2.92. The molecule has 0 fully saturated rings. The van der Waals surface area contributed by atoms with Gasteiger partial charge in [0, 0.05) is 10.9 Å². The SMILES string of the molecule is Cc1ccc2cccc3c2c1C(=O)NC3=O. The summed E-state index contributed by atoms with van der Waals surface area (Å²) in [6.07, 6.45) is 0. The number of hydrogen-bond acceptors (Lipinski definition) is 2.